The second kappa shape index (κ2) is 8.76. The minimum atomic E-state index is -4.59. The van der Waals surface area contributed by atoms with E-state index in [1.165, 1.54) is 23.1 Å². The van der Waals surface area contributed by atoms with Crippen molar-refractivity contribution in [1.29, 1.82) is 0 Å². The fourth-order valence-electron chi connectivity index (χ4n) is 4.45. The molecule has 3 aromatic carbocycles. The van der Waals surface area contributed by atoms with Crippen molar-refractivity contribution in [2.75, 3.05) is 26.2 Å². The van der Waals surface area contributed by atoms with Gasteiger partial charge >= 0.3 is 6.18 Å². The Morgan fingerprint density at radius 3 is 2.31 bits per heavy atom. The minimum Gasteiger partial charge on any atom is -0.454 e. The standard InChI is InChI=1S/C27H24F3N3O2/c1-17-8-10-23-20(15-17)25(31-22-9-7-18(2)16-24(22)35-23)32-11-13-33(14-12-32)26(34)19-5-3-4-6-21(19)27(28,29)30/h3-10,15-16H,11-14H2,1-2H3. The molecule has 1 fully saturated rings. The summed E-state index contributed by atoms with van der Waals surface area (Å²) in [5.74, 6) is 1.48. The van der Waals surface area contributed by atoms with E-state index in [4.69, 9.17) is 9.73 Å². The number of amides is 1. The summed E-state index contributed by atoms with van der Waals surface area (Å²) in [6.07, 6.45) is -4.59. The summed E-state index contributed by atoms with van der Waals surface area (Å²) in [4.78, 5) is 21.5. The van der Waals surface area contributed by atoms with Crippen LogP contribution >= 0.6 is 0 Å². The predicted molar refractivity (Wildman–Crippen MR) is 128 cm³/mol. The molecule has 0 aromatic heterocycles. The third-order valence-electron chi connectivity index (χ3n) is 6.27. The van der Waals surface area contributed by atoms with Crippen molar-refractivity contribution < 1.29 is 22.7 Å². The first-order valence-electron chi connectivity index (χ1n) is 11.4. The summed E-state index contributed by atoms with van der Waals surface area (Å²) in [5.41, 5.74) is 2.44. The predicted octanol–water partition coefficient (Wildman–Crippen LogP) is 5.96. The number of piperazine rings is 1. The van der Waals surface area contributed by atoms with Gasteiger partial charge in [0.05, 0.1) is 16.7 Å². The molecule has 35 heavy (non-hydrogen) atoms. The van der Waals surface area contributed by atoms with Crippen molar-refractivity contribution in [2.45, 2.75) is 20.0 Å². The number of halogens is 3. The highest BCUT2D eigenvalue weighted by Crippen LogP contribution is 2.39. The quantitative estimate of drug-likeness (QED) is 0.432. The van der Waals surface area contributed by atoms with Gasteiger partial charge in [-0.1, -0.05) is 29.8 Å². The van der Waals surface area contributed by atoms with Gasteiger partial charge in [-0.15, -0.1) is 0 Å². The molecule has 0 saturated carbocycles. The molecule has 1 saturated heterocycles. The number of aryl methyl sites for hydroxylation is 2. The number of rotatable bonds is 1. The second-order valence-electron chi connectivity index (χ2n) is 8.83. The van der Waals surface area contributed by atoms with Gasteiger partial charge in [-0.2, -0.15) is 13.2 Å². The highest BCUT2D eigenvalue weighted by Gasteiger charge is 2.36. The zero-order chi connectivity index (χ0) is 24.7. The van der Waals surface area contributed by atoms with E-state index in [0.29, 0.717) is 30.3 Å². The fraction of sp³-hybridized carbons (Fsp3) is 0.259. The van der Waals surface area contributed by atoms with Gasteiger partial charge in [-0.25, -0.2) is 4.99 Å². The number of hydrogen-bond donors (Lipinski definition) is 0. The Kier molecular flexibility index (Phi) is 5.75. The molecule has 5 rings (SSSR count). The average molecular weight is 480 g/mol. The van der Waals surface area contributed by atoms with Gasteiger partial charge in [0, 0.05) is 26.2 Å². The van der Waals surface area contributed by atoms with Crippen LogP contribution in [0.1, 0.15) is 32.6 Å². The molecular weight excluding hydrogens is 455 g/mol. The van der Waals surface area contributed by atoms with E-state index in [2.05, 4.69) is 4.90 Å². The number of benzene rings is 3. The van der Waals surface area contributed by atoms with Gasteiger partial charge in [-0.3, -0.25) is 4.79 Å². The number of carbonyl (C=O) groups excluding carboxylic acids is 1. The van der Waals surface area contributed by atoms with E-state index >= 15 is 0 Å². The molecule has 2 heterocycles. The van der Waals surface area contributed by atoms with E-state index in [1.807, 2.05) is 50.2 Å². The van der Waals surface area contributed by atoms with Crippen LogP contribution in [-0.4, -0.2) is 47.7 Å². The monoisotopic (exact) mass is 479 g/mol. The molecule has 8 heteroatoms. The maximum absolute atomic E-state index is 13.4. The topological polar surface area (TPSA) is 45.1 Å². The van der Waals surface area contributed by atoms with Gasteiger partial charge in [0.1, 0.15) is 17.3 Å². The lowest BCUT2D eigenvalue weighted by molar-refractivity contribution is -0.138. The third kappa shape index (κ3) is 4.48. The third-order valence-corrected chi connectivity index (χ3v) is 6.27. The number of carbonyl (C=O) groups is 1. The normalized spacial score (nSPS) is 15.5. The Labute approximate surface area is 201 Å². The summed E-state index contributed by atoms with van der Waals surface area (Å²) < 4.78 is 46.5. The molecule has 5 nitrogen and oxygen atoms in total. The molecule has 1 amide bonds. The van der Waals surface area contributed by atoms with Gasteiger partial charge < -0.3 is 14.5 Å². The lowest BCUT2D eigenvalue weighted by atomic mass is 10.0. The Morgan fingerprint density at radius 2 is 1.57 bits per heavy atom. The summed E-state index contributed by atoms with van der Waals surface area (Å²) >= 11 is 0. The minimum absolute atomic E-state index is 0.285. The van der Waals surface area contributed by atoms with Crippen LogP contribution in [-0.2, 0) is 6.18 Å². The summed E-state index contributed by atoms with van der Waals surface area (Å²) in [7, 11) is 0. The van der Waals surface area contributed by atoms with Gasteiger partial charge in [-0.05, 0) is 55.8 Å². The van der Waals surface area contributed by atoms with Crippen molar-refractivity contribution in [3.05, 3.63) is 88.5 Å². The maximum atomic E-state index is 13.4. The highest BCUT2D eigenvalue weighted by atomic mass is 19.4. The van der Waals surface area contributed by atoms with Crippen LogP contribution in [0, 0.1) is 13.8 Å². The summed E-state index contributed by atoms with van der Waals surface area (Å²) in [6, 6.07) is 16.7. The van der Waals surface area contributed by atoms with Gasteiger partial charge in [0.25, 0.3) is 5.91 Å². The van der Waals surface area contributed by atoms with Crippen LogP contribution in [0.3, 0.4) is 0 Å². The Morgan fingerprint density at radius 1 is 0.886 bits per heavy atom. The van der Waals surface area contributed by atoms with Crippen molar-refractivity contribution in [1.82, 2.24) is 9.80 Å². The Hall–Kier alpha value is -3.81. The van der Waals surface area contributed by atoms with Crippen LogP contribution in [0.2, 0.25) is 0 Å². The SMILES string of the molecule is Cc1ccc2c(c1)Oc1ccc(C)cc1C(N1CCN(C(=O)c3ccccc3C(F)(F)F)CC1)=N2. The van der Waals surface area contributed by atoms with E-state index < -0.39 is 17.6 Å². The molecule has 3 aromatic rings. The molecule has 180 valence electrons. The van der Waals surface area contributed by atoms with E-state index in [-0.39, 0.29) is 18.7 Å². The van der Waals surface area contributed by atoms with Crippen molar-refractivity contribution in [3.8, 4) is 11.5 Å². The number of aliphatic imine (C=N–C) groups is 1. The van der Waals surface area contributed by atoms with Gasteiger partial charge in [0.2, 0.25) is 0 Å². The number of ether oxygens (including phenoxy) is 1. The maximum Gasteiger partial charge on any atom is 0.417 e. The Bertz CT molecular complexity index is 1330. The van der Waals surface area contributed by atoms with Crippen molar-refractivity contribution >= 4 is 17.4 Å². The molecular formula is C27H24F3N3O2. The molecule has 0 atom stereocenters. The van der Waals surface area contributed by atoms with Crippen LogP contribution in [0.25, 0.3) is 0 Å². The highest BCUT2D eigenvalue weighted by molar-refractivity contribution is 6.04. The zero-order valence-corrected chi connectivity index (χ0v) is 19.4. The fourth-order valence-corrected chi connectivity index (χ4v) is 4.45. The first kappa shape index (κ1) is 23.0. The van der Waals surface area contributed by atoms with E-state index in [1.54, 1.807) is 0 Å². The smallest absolute Gasteiger partial charge is 0.417 e. The van der Waals surface area contributed by atoms with Crippen LogP contribution < -0.4 is 4.74 Å². The first-order chi connectivity index (χ1) is 16.7. The van der Waals surface area contributed by atoms with E-state index in [0.717, 1.165) is 28.6 Å². The van der Waals surface area contributed by atoms with Gasteiger partial charge in [0.15, 0.2) is 5.75 Å². The lowest BCUT2D eigenvalue weighted by Gasteiger charge is -2.37. The molecule has 0 unspecified atom stereocenters. The first-order valence-corrected chi connectivity index (χ1v) is 11.4. The van der Waals surface area contributed by atoms with Crippen molar-refractivity contribution in [3.63, 3.8) is 0 Å². The van der Waals surface area contributed by atoms with Crippen LogP contribution in [0.15, 0.2) is 65.7 Å². The second-order valence-corrected chi connectivity index (χ2v) is 8.83. The number of hydrogen-bond acceptors (Lipinski definition) is 4. The molecule has 0 radical (unpaired) electrons. The largest absolute Gasteiger partial charge is 0.454 e. The van der Waals surface area contributed by atoms with Crippen LogP contribution in [0.5, 0.6) is 11.5 Å². The Balaban J connectivity index is 1.43. The number of nitrogens with zero attached hydrogens (tertiary/aromatic N) is 3. The van der Waals surface area contributed by atoms with E-state index in [9.17, 15) is 18.0 Å². The molecule has 2 aliphatic rings. The lowest BCUT2D eigenvalue weighted by Crippen LogP contribution is -2.51. The number of amidine groups is 1. The summed E-state index contributed by atoms with van der Waals surface area (Å²) in [5, 5.41) is 0. The van der Waals surface area contributed by atoms with Crippen molar-refractivity contribution in [2.24, 2.45) is 4.99 Å². The number of alkyl halides is 3. The summed E-state index contributed by atoms with van der Waals surface area (Å²) in [6.45, 7) is 5.43. The van der Waals surface area contributed by atoms with Crippen LogP contribution in [0.4, 0.5) is 18.9 Å². The average Bonchev–Trinajstić information content (AvgIpc) is 2.99. The zero-order valence-electron chi connectivity index (χ0n) is 19.4. The molecule has 0 N–H and O–H groups in total. The molecule has 2 aliphatic heterocycles. The number of fused-ring (bicyclic) bond motifs is 2. The molecule has 0 bridgehead atoms. The molecule has 0 aliphatic carbocycles. The molecule has 0 spiro atoms.